The highest BCUT2D eigenvalue weighted by Crippen LogP contribution is 2.46. The fourth-order valence-electron chi connectivity index (χ4n) is 6.04. The van der Waals surface area contributed by atoms with Crippen molar-refractivity contribution in [3.8, 4) is 16.9 Å². The van der Waals surface area contributed by atoms with E-state index >= 15 is 0 Å². The molecule has 1 saturated carbocycles. The minimum Gasteiger partial charge on any atom is -0.465 e. The molecule has 0 radical (unpaired) electrons. The zero-order valence-corrected chi connectivity index (χ0v) is 22.9. The molecule has 1 unspecified atom stereocenters. The van der Waals surface area contributed by atoms with Crippen molar-refractivity contribution in [1.29, 1.82) is 0 Å². The van der Waals surface area contributed by atoms with Gasteiger partial charge in [0.25, 0.3) is 0 Å². The first-order valence-electron chi connectivity index (χ1n) is 13.2. The summed E-state index contributed by atoms with van der Waals surface area (Å²) in [5.41, 5.74) is 4.71. The highest BCUT2D eigenvalue weighted by atomic mass is 19.4. The van der Waals surface area contributed by atoms with Crippen LogP contribution in [0.15, 0.2) is 66.7 Å². The van der Waals surface area contributed by atoms with Crippen molar-refractivity contribution in [2.75, 3.05) is 12.4 Å². The van der Waals surface area contributed by atoms with Crippen molar-refractivity contribution in [3.05, 3.63) is 72.3 Å². The lowest BCUT2D eigenvalue weighted by Gasteiger charge is -2.40. The number of carbonyl (C=O) groups is 1. The maximum absolute atomic E-state index is 12.6. The Hall–Kier alpha value is -4.01. The van der Waals surface area contributed by atoms with E-state index in [9.17, 15) is 18.0 Å². The van der Waals surface area contributed by atoms with Crippen LogP contribution in [-0.4, -0.2) is 29.0 Å². The summed E-state index contributed by atoms with van der Waals surface area (Å²) in [5.74, 6) is 0.459. The summed E-state index contributed by atoms with van der Waals surface area (Å²) in [6, 6.07) is 19.1. The highest BCUT2D eigenvalue weighted by Gasteiger charge is 2.35. The number of methoxy groups -OCH3 is 1. The Kier molecular flexibility index (Phi) is 7.25. The van der Waals surface area contributed by atoms with Crippen molar-refractivity contribution in [2.45, 2.75) is 52.4 Å². The summed E-state index contributed by atoms with van der Waals surface area (Å²) in [6.45, 7) is 6.84. The van der Waals surface area contributed by atoms with Crippen LogP contribution in [-0.2, 0) is 4.74 Å². The average molecular weight is 552 g/mol. The summed E-state index contributed by atoms with van der Waals surface area (Å²) < 4.78 is 49.0. The van der Waals surface area contributed by atoms with E-state index in [1.54, 1.807) is 24.3 Å². The van der Waals surface area contributed by atoms with Crippen molar-refractivity contribution in [3.63, 3.8) is 0 Å². The van der Waals surface area contributed by atoms with Gasteiger partial charge < -0.3 is 19.4 Å². The second-order valence-electron chi connectivity index (χ2n) is 11.3. The van der Waals surface area contributed by atoms with Crippen LogP contribution in [0.1, 0.15) is 56.4 Å². The van der Waals surface area contributed by atoms with E-state index in [1.807, 2.05) is 30.3 Å². The molecule has 0 amide bonds. The largest absolute Gasteiger partial charge is 0.573 e. The Morgan fingerprint density at radius 1 is 1.02 bits per heavy atom. The van der Waals surface area contributed by atoms with Crippen molar-refractivity contribution in [1.82, 2.24) is 9.55 Å². The molecular formula is C31H32F3N3O3. The number of halogens is 3. The Labute approximate surface area is 231 Å². The quantitative estimate of drug-likeness (QED) is 0.243. The van der Waals surface area contributed by atoms with E-state index in [1.165, 1.54) is 19.2 Å². The van der Waals surface area contributed by atoms with Crippen LogP contribution in [0.3, 0.4) is 0 Å². The summed E-state index contributed by atoms with van der Waals surface area (Å²) in [6.07, 6.45) is -1.65. The topological polar surface area (TPSA) is 65.4 Å². The molecule has 0 saturated heterocycles. The number of aromatic nitrogens is 2. The normalized spacial score (nSPS) is 18.9. The van der Waals surface area contributed by atoms with Crippen molar-refractivity contribution >= 4 is 28.6 Å². The second-order valence-corrected chi connectivity index (χ2v) is 11.3. The Morgan fingerprint density at radius 2 is 1.75 bits per heavy atom. The van der Waals surface area contributed by atoms with Gasteiger partial charge in [0, 0.05) is 11.7 Å². The van der Waals surface area contributed by atoms with Crippen LogP contribution in [0, 0.1) is 11.3 Å². The van der Waals surface area contributed by atoms with E-state index in [-0.39, 0.29) is 17.2 Å². The summed E-state index contributed by atoms with van der Waals surface area (Å²) in [5, 5.41) is 3.34. The molecule has 6 nitrogen and oxygen atoms in total. The van der Waals surface area contributed by atoms with Gasteiger partial charge in [0.1, 0.15) is 5.75 Å². The molecule has 1 heterocycles. The lowest BCUT2D eigenvalue weighted by Crippen LogP contribution is -2.29. The number of benzene rings is 3. The van der Waals surface area contributed by atoms with Gasteiger partial charge in [-0.25, -0.2) is 9.78 Å². The van der Waals surface area contributed by atoms with Crippen LogP contribution in [0.2, 0.25) is 0 Å². The lowest BCUT2D eigenvalue weighted by molar-refractivity contribution is -0.274. The number of carbonyl (C=O) groups excluding carboxylic acids is 1. The molecule has 1 fully saturated rings. The first kappa shape index (κ1) is 27.6. The number of imidazole rings is 1. The van der Waals surface area contributed by atoms with E-state index in [0.29, 0.717) is 23.1 Å². The predicted octanol–water partition coefficient (Wildman–Crippen LogP) is 8.52. The first-order chi connectivity index (χ1) is 18.9. The molecule has 0 spiro atoms. The third kappa shape index (κ3) is 6.08. The second kappa shape index (κ2) is 10.5. The third-order valence-electron chi connectivity index (χ3n) is 7.38. The van der Waals surface area contributed by atoms with Gasteiger partial charge in [0.15, 0.2) is 0 Å². The number of esters is 1. The minimum absolute atomic E-state index is 0.154. The Morgan fingerprint density at radius 3 is 2.42 bits per heavy atom. The van der Waals surface area contributed by atoms with Gasteiger partial charge in [-0.15, -0.1) is 13.2 Å². The zero-order valence-electron chi connectivity index (χ0n) is 22.9. The van der Waals surface area contributed by atoms with E-state index in [2.05, 4.69) is 35.4 Å². The van der Waals surface area contributed by atoms with E-state index in [4.69, 9.17) is 9.72 Å². The molecule has 9 heteroatoms. The van der Waals surface area contributed by atoms with Gasteiger partial charge in [-0.2, -0.15) is 0 Å². The molecule has 4 aromatic rings. The monoisotopic (exact) mass is 551 g/mol. The molecule has 2 atom stereocenters. The maximum atomic E-state index is 12.6. The first-order valence-corrected chi connectivity index (χ1v) is 13.2. The SMILES string of the molecule is COC(=O)c1cccc(-c2ccc3c(c2)nc(Nc2ccc(OC(F)(F)F)cc2)n3[C@@H]2CC(C)CC(C)(C)C2)c1. The molecular weight excluding hydrogens is 519 g/mol. The molecule has 0 bridgehead atoms. The number of hydrogen-bond acceptors (Lipinski definition) is 5. The number of alkyl halides is 3. The van der Waals surface area contributed by atoms with Crippen LogP contribution >= 0.6 is 0 Å². The third-order valence-corrected chi connectivity index (χ3v) is 7.38. The van der Waals surface area contributed by atoms with Crippen LogP contribution in [0.5, 0.6) is 5.75 Å². The molecule has 0 aliphatic heterocycles. The molecule has 3 aromatic carbocycles. The van der Waals surface area contributed by atoms with Gasteiger partial charge >= 0.3 is 12.3 Å². The number of hydrogen-bond donors (Lipinski definition) is 1. The lowest BCUT2D eigenvalue weighted by atomic mass is 9.70. The standard InChI is InChI=1S/C31H32F3N3O3/c1-19-14-24(18-30(2,3)17-19)37-27-13-8-21(20-6-5-7-22(15-20)28(38)39-4)16-26(27)36-29(37)35-23-9-11-25(12-10-23)40-31(32,33)34/h5-13,15-16,19,24H,14,17-18H2,1-4H3,(H,35,36)/t19?,24-/m1/s1. The van der Waals surface area contributed by atoms with Crippen LogP contribution in [0.25, 0.3) is 22.2 Å². The fraction of sp³-hybridized carbons (Fsp3) is 0.355. The zero-order chi connectivity index (χ0) is 28.7. The minimum atomic E-state index is -4.75. The molecule has 1 aromatic heterocycles. The van der Waals surface area contributed by atoms with Crippen LogP contribution in [0.4, 0.5) is 24.8 Å². The number of nitrogens with zero attached hydrogens (tertiary/aromatic N) is 2. The molecule has 5 rings (SSSR count). The number of fused-ring (bicyclic) bond motifs is 1. The van der Waals surface area contributed by atoms with Gasteiger partial charge in [-0.05, 0) is 90.3 Å². The van der Waals surface area contributed by atoms with Gasteiger partial charge in [-0.3, -0.25) is 0 Å². The van der Waals surface area contributed by atoms with Gasteiger partial charge in [0.05, 0.1) is 23.7 Å². The molecule has 1 aliphatic rings. The predicted molar refractivity (Wildman–Crippen MR) is 149 cm³/mol. The van der Waals surface area contributed by atoms with Gasteiger partial charge in [-0.1, -0.05) is 39.0 Å². The number of nitrogens with one attached hydrogen (secondary N) is 1. The molecule has 1 N–H and O–H groups in total. The molecule has 40 heavy (non-hydrogen) atoms. The summed E-state index contributed by atoms with van der Waals surface area (Å²) in [4.78, 5) is 17.0. The number of anilines is 2. The number of ether oxygens (including phenoxy) is 2. The summed E-state index contributed by atoms with van der Waals surface area (Å²) in [7, 11) is 1.35. The summed E-state index contributed by atoms with van der Waals surface area (Å²) >= 11 is 0. The fourth-order valence-corrected chi connectivity index (χ4v) is 6.04. The smallest absolute Gasteiger partial charge is 0.465 e. The maximum Gasteiger partial charge on any atom is 0.573 e. The van der Waals surface area contributed by atoms with Crippen molar-refractivity contribution in [2.24, 2.45) is 11.3 Å². The Balaban J connectivity index is 1.55. The highest BCUT2D eigenvalue weighted by molar-refractivity contribution is 5.92. The van der Waals surface area contributed by atoms with E-state index in [0.717, 1.165) is 41.4 Å². The Bertz CT molecular complexity index is 1530. The molecule has 1 aliphatic carbocycles. The van der Waals surface area contributed by atoms with Crippen molar-refractivity contribution < 1.29 is 27.4 Å². The number of rotatable bonds is 6. The van der Waals surface area contributed by atoms with Crippen LogP contribution < -0.4 is 10.1 Å². The van der Waals surface area contributed by atoms with Gasteiger partial charge in [0.2, 0.25) is 5.95 Å². The average Bonchev–Trinajstić information content (AvgIpc) is 3.24. The molecule has 210 valence electrons. The van der Waals surface area contributed by atoms with E-state index < -0.39 is 12.3 Å².